The number of ether oxygens (including phenoxy) is 2. The number of unbranched alkanes of at least 4 members (excludes halogenated alkanes) is 1. The highest BCUT2D eigenvalue weighted by Gasteiger charge is 2.20. The van der Waals surface area contributed by atoms with Crippen LogP contribution in [0.5, 0.6) is 11.5 Å². The Bertz CT molecular complexity index is 610. The van der Waals surface area contributed by atoms with E-state index >= 15 is 0 Å². The summed E-state index contributed by atoms with van der Waals surface area (Å²) in [5, 5.41) is 9.35. The summed E-state index contributed by atoms with van der Waals surface area (Å²) in [5.41, 5.74) is 0.820. The van der Waals surface area contributed by atoms with Crippen molar-refractivity contribution in [2.75, 3.05) is 6.61 Å². The largest absolute Gasteiger partial charge is 0.479 e. The van der Waals surface area contributed by atoms with Crippen LogP contribution in [0, 0.1) is 0 Å². The molecule has 0 heterocycles. The summed E-state index contributed by atoms with van der Waals surface area (Å²) in [4.78, 5) is 11.4. The van der Waals surface area contributed by atoms with Gasteiger partial charge in [-0.15, -0.1) is 0 Å². The maximum atomic E-state index is 11.4. The molecule has 0 saturated carbocycles. The average Bonchev–Trinajstić information content (AvgIpc) is 2.56. The van der Waals surface area contributed by atoms with Gasteiger partial charge in [0.25, 0.3) is 0 Å². The van der Waals surface area contributed by atoms with Gasteiger partial charge in [-0.25, -0.2) is 4.79 Å². The van der Waals surface area contributed by atoms with Crippen molar-refractivity contribution in [3.8, 4) is 11.5 Å². The fraction of sp³-hybridized carbons (Fsp3) is 0.316. The fourth-order valence-corrected chi connectivity index (χ4v) is 2.17. The van der Waals surface area contributed by atoms with E-state index in [2.05, 4.69) is 0 Å². The van der Waals surface area contributed by atoms with Gasteiger partial charge in [0.15, 0.2) is 6.10 Å². The van der Waals surface area contributed by atoms with Crippen LogP contribution in [0.15, 0.2) is 54.6 Å². The van der Waals surface area contributed by atoms with Gasteiger partial charge in [-0.1, -0.05) is 49.7 Å². The Kier molecular flexibility index (Phi) is 6.63. The molecule has 0 amide bonds. The maximum Gasteiger partial charge on any atom is 0.333 e. The molecule has 2 rings (SSSR count). The molecule has 4 nitrogen and oxygen atoms in total. The van der Waals surface area contributed by atoms with Crippen molar-refractivity contribution in [1.82, 2.24) is 0 Å². The fourth-order valence-electron chi connectivity index (χ4n) is 2.17. The minimum Gasteiger partial charge on any atom is -0.479 e. The van der Waals surface area contributed by atoms with Gasteiger partial charge < -0.3 is 14.6 Å². The minimum absolute atomic E-state index is 0.280. The lowest BCUT2D eigenvalue weighted by molar-refractivity contribution is -0.150. The van der Waals surface area contributed by atoms with E-state index < -0.39 is 12.1 Å². The van der Waals surface area contributed by atoms with Gasteiger partial charge in [-0.2, -0.15) is 0 Å². The van der Waals surface area contributed by atoms with Crippen LogP contribution in [0.2, 0.25) is 0 Å². The molecule has 0 fully saturated rings. The van der Waals surface area contributed by atoms with Crippen LogP contribution < -0.4 is 4.74 Å². The van der Waals surface area contributed by atoms with Crippen LogP contribution in [-0.4, -0.2) is 23.8 Å². The second-order valence-corrected chi connectivity index (χ2v) is 5.28. The third-order valence-corrected chi connectivity index (χ3v) is 3.44. The molecule has 0 aromatic heterocycles. The van der Waals surface area contributed by atoms with Crippen LogP contribution in [0.1, 0.15) is 25.3 Å². The molecule has 1 unspecified atom stereocenters. The van der Waals surface area contributed by atoms with Gasteiger partial charge >= 0.3 is 5.97 Å². The number of carboxylic acid groups (broad SMARTS) is 1. The lowest BCUT2D eigenvalue weighted by atomic mass is 10.1. The van der Waals surface area contributed by atoms with Crippen molar-refractivity contribution in [2.24, 2.45) is 0 Å². The first-order valence-corrected chi connectivity index (χ1v) is 7.86. The number of para-hydroxylation sites is 2. The average molecular weight is 314 g/mol. The molecule has 0 aliphatic rings. The van der Waals surface area contributed by atoms with E-state index in [4.69, 9.17) is 9.47 Å². The van der Waals surface area contributed by atoms with Crippen LogP contribution in [0.4, 0.5) is 0 Å². The monoisotopic (exact) mass is 314 g/mol. The van der Waals surface area contributed by atoms with Crippen LogP contribution >= 0.6 is 0 Å². The van der Waals surface area contributed by atoms with E-state index in [9.17, 15) is 9.90 Å². The zero-order chi connectivity index (χ0) is 16.5. The van der Waals surface area contributed by atoms with Crippen LogP contribution in [0.25, 0.3) is 0 Å². The summed E-state index contributed by atoms with van der Waals surface area (Å²) < 4.78 is 11.4. The zero-order valence-corrected chi connectivity index (χ0v) is 13.3. The Morgan fingerprint density at radius 1 is 1.09 bits per heavy atom. The first-order chi connectivity index (χ1) is 11.2. The van der Waals surface area contributed by atoms with Gasteiger partial charge in [0.2, 0.25) is 0 Å². The van der Waals surface area contributed by atoms with E-state index in [-0.39, 0.29) is 6.42 Å². The number of carboxylic acids is 1. The Morgan fingerprint density at radius 3 is 2.48 bits per heavy atom. The molecule has 2 aromatic rings. The number of benzene rings is 2. The van der Waals surface area contributed by atoms with Gasteiger partial charge in [0, 0.05) is 13.0 Å². The summed E-state index contributed by atoms with van der Waals surface area (Å²) in [6.07, 6.45) is 1.25. The summed E-state index contributed by atoms with van der Waals surface area (Å²) >= 11 is 0. The van der Waals surface area contributed by atoms with Gasteiger partial charge in [0.05, 0.1) is 0 Å². The predicted molar refractivity (Wildman–Crippen MR) is 88.9 cm³/mol. The molecule has 0 aliphatic carbocycles. The molecule has 1 atom stereocenters. The van der Waals surface area contributed by atoms with E-state index in [1.807, 2.05) is 61.5 Å². The highest BCUT2D eigenvalue weighted by molar-refractivity contribution is 5.73. The first kappa shape index (κ1) is 17.0. The number of carbonyl (C=O) groups is 1. The molecule has 0 aliphatic heterocycles. The predicted octanol–water partition coefficient (Wildman–Crippen LogP) is 4.29. The molecule has 122 valence electrons. The second-order valence-electron chi connectivity index (χ2n) is 5.28. The Morgan fingerprint density at radius 2 is 1.78 bits per heavy atom. The summed E-state index contributed by atoms with van der Waals surface area (Å²) in [7, 11) is 0. The number of aliphatic carboxylic acids is 1. The normalized spacial score (nSPS) is 11.9. The third kappa shape index (κ3) is 5.42. The van der Waals surface area contributed by atoms with E-state index in [1.54, 1.807) is 0 Å². The minimum atomic E-state index is -0.949. The van der Waals surface area contributed by atoms with E-state index in [1.165, 1.54) is 0 Å². The van der Waals surface area contributed by atoms with E-state index in [0.29, 0.717) is 12.4 Å². The SMILES string of the molecule is CCCCOC(Cc1ccccc1Oc1ccccc1)C(=O)O. The molecule has 23 heavy (non-hydrogen) atoms. The lowest BCUT2D eigenvalue weighted by Crippen LogP contribution is -2.27. The molecule has 2 aromatic carbocycles. The lowest BCUT2D eigenvalue weighted by Gasteiger charge is -2.16. The second kappa shape index (κ2) is 8.96. The molecule has 1 N–H and O–H groups in total. The standard InChI is InChI=1S/C19H22O4/c1-2-3-13-22-18(19(20)21)14-15-9-7-8-12-17(15)23-16-10-5-4-6-11-16/h4-12,18H,2-3,13-14H2,1H3,(H,20,21). The quantitative estimate of drug-likeness (QED) is 0.701. The van der Waals surface area contributed by atoms with Crippen molar-refractivity contribution < 1.29 is 19.4 Å². The summed E-state index contributed by atoms with van der Waals surface area (Å²) in [6, 6.07) is 16.9. The Balaban J connectivity index is 2.10. The molecule has 4 heteroatoms. The number of rotatable bonds is 9. The molecule has 0 saturated heterocycles. The van der Waals surface area contributed by atoms with Crippen molar-refractivity contribution in [3.05, 3.63) is 60.2 Å². The van der Waals surface area contributed by atoms with Gasteiger partial charge in [-0.05, 0) is 30.2 Å². The molecule has 0 bridgehead atoms. The highest BCUT2D eigenvalue weighted by atomic mass is 16.5. The number of hydrogen-bond donors (Lipinski definition) is 1. The van der Waals surface area contributed by atoms with Gasteiger partial charge in [0.1, 0.15) is 11.5 Å². The van der Waals surface area contributed by atoms with Crippen LogP contribution in [-0.2, 0) is 16.0 Å². The molecule has 0 spiro atoms. The first-order valence-electron chi connectivity index (χ1n) is 7.86. The van der Waals surface area contributed by atoms with Crippen molar-refractivity contribution >= 4 is 5.97 Å². The molecular weight excluding hydrogens is 292 g/mol. The van der Waals surface area contributed by atoms with Gasteiger partial charge in [-0.3, -0.25) is 0 Å². The smallest absolute Gasteiger partial charge is 0.333 e. The molecular formula is C19H22O4. The van der Waals surface area contributed by atoms with E-state index in [0.717, 1.165) is 24.2 Å². The molecule has 0 radical (unpaired) electrons. The van der Waals surface area contributed by atoms with Crippen molar-refractivity contribution in [3.63, 3.8) is 0 Å². The van der Waals surface area contributed by atoms with Crippen molar-refractivity contribution in [2.45, 2.75) is 32.3 Å². The summed E-state index contributed by atoms with van der Waals surface area (Å²) in [6.45, 7) is 2.50. The van der Waals surface area contributed by atoms with Crippen LogP contribution in [0.3, 0.4) is 0 Å². The topological polar surface area (TPSA) is 55.8 Å². The van der Waals surface area contributed by atoms with Crippen molar-refractivity contribution in [1.29, 1.82) is 0 Å². The maximum absolute atomic E-state index is 11.4. The third-order valence-electron chi connectivity index (χ3n) is 3.44. The summed E-state index contributed by atoms with van der Waals surface area (Å²) in [5.74, 6) is 0.429. The Labute approximate surface area is 136 Å². The Hall–Kier alpha value is -2.33. The number of hydrogen-bond acceptors (Lipinski definition) is 3. The zero-order valence-electron chi connectivity index (χ0n) is 13.3. The highest BCUT2D eigenvalue weighted by Crippen LogP contribution is 2.26.